The van der Waals surface area contributed by atoms with Crippen LogP contribution >= 0.6 is 0 Å². The Labute approximate surface area is 120 Å². The van der Waals surface area contributed by atoms with Crippen LogP contribution in [0, 0.1) is 6.42 Å². The average molecular weight is 269 g/mol. The van der Waals surface area contributed by atoms with Crippen molar-refractivity contribution in [3.63, 3.8) is 0 Å². The zero-order valence-corrected chi connectivity index (χ0v) is 11.9. The van der Waals surface area contributed by atoms with Gasteiger partial charge in [0.2, 0.25) is 0 Å². The number of Topliss-reactive ketones (excluding diaryl/α,β-unsaturated/α-hetero) is 1. The molecule has 105 valence electrons. The summed E-state index contributed by atoms with van der Waals surface area (Å²) in [6.07, 6.45) is 8.91. The topological polar surface area (TPSA) is 45.8 Å². The van der Waals surface area contributed by atoms with Gasteiger partial charge in [-0.2, -0.15) is 0 Å². The molecule has 0 unspecified atom stereocenters. The average Bonchev–Trinajstić information content (AvgIpc) is 2.92. The molecule has 0 aliphatic heterocycles. The quantitative estimate of drug-likeness (QED) is 0.731. The number of nitrogens with zero attached hydrogens (tertiary/aromatic N) is 1. The van der Waals surface area contributed by atoms with E-state index in [1.54, 1.807) is 6.92 Å². The molecule has 2 rings (SSSR count). The minimum atomic E-state index is 0.285. The molecule has 1 N–H and O–H groups in total. The van der Waals surface area contributed by atoms with Crippen molar-refractivity contribution >= 4 is 5.78 Å². The lowest BCUT2D eigenvalue weighted by Crippen LogP contribution is -1.90. The van der Waals surface area contributed by atoms with Gasteiger partial charge in [-0.1, -0.05) is 43.2 Å². The Balaban J connectivity index is 1.72. The number of unbranched alkanes of at least 4 members (excludes halogenated alkanes) is 3. The van der Waals surface area contributed by atoms with Crippen molar-refractivity contribution in [2.75, 3.05) is 0 Å². The van der Waals surface area contributed by atoms with Crippen molar-refractivity contribution in [3.05, 3.63) is 48.8 Å². The van der Waals surface area contributed by atoms with Gasteiger partial charge in [0.1, 0.15) is 11.6 Å². The van der Waals surface area contributed by atoms with Crippen LogP contribution in [0.25, 0.3) is 11.3 Å². The number of nitrogens with one attached hydrogen (secondary N) is 1. The van der Waals surface area contributed by atoms with E-state index in [2.05, 4.69) is 28.5 Å². The summed E-state index contributed by atoms with van der Waals surface area (Å²) in [6.45, 7) is 1.65. The Morgan fingerprint density at radius 2 is 2.00 bits per heavy atom. The van der Waals surface area contributed by atoms with Crippen LogP contribution in [0.5, 0.6) is 0 Å². The predicted molar refractivity (Wildman–Crippen MR) is 81.2 cm³/mol. The van der Waals surface area contributed by atoms with E-state index in [1.807, 2.05) is 24.4 Å². The lowest BCUT2D eigenvalue weighted by Gasteiger charge is -1.99. The number of benzene rings is 1. The highest BCUT2D eigenvalue weighted by Crippen LogP contribution is 2.17. The Kier molecular flexibility index (Phi) is 5.54. The third-order valence-corrected chi connectivity index (χ3v) is 3.25. The number of aromatic amines is 1. The predicted octanol–water partition coefficient (Wildman–Crippen LogP) is 4.17. The number of carbonyl (C=O) groups excluding carboxylic acids is 1. The molecule has 1 aromatic heterocycles. The van der Waals surface area contributed by atoms with Crippen LogP contribution < -0.4 is 0 Å². The van der Waals surface area contributed by atoms with E-state index in [1.165, 1.54) is 0 Å². The van der Waals surface area contributed by atoms with Gasteiger partial charge in [0.05, 0.1) is 11.9 Å². The van der Waals surface area contributed by atoms with Gasteiger partial charge in [-0.3, -0.25) is 0 Å². The second kappa shape index (κ2) is 7.63. The minimum absolute atomic E-state index is 0.285. The Morgan fingerprint density at radius 1 is 1.20 bits per heavy atom. The van der Waals surface area contributed by atoms with E-state index < -0.39 is 0 Å². The number of rotatable bonds is 8. The Bertz CT molecular complexity index is 531. The summed E-state index contributed by atoms with van der Waals surface area (Å²) in [5.74, 6) is 1.21. The fourth-order valence-electron chi connectivity index (χ4n) is 2.14. The maximum absolute atomic E-state index is 10.8. The van der Waals surface area contributed by atoms with E-state index in [0.717, 1.165) is 42.8 Å². The van der Waals surface area contributed by atoms with Crippen LogP contribution in [-0.4, -0.2) is 15.8 Å². The molecule has 0 saturated heterocycles. The van der Waals surface area contributed by atoms with Crippen molar-refractivity contribution in [3.8, 4) is 11.3 Å². The molecule has 1 radical (unpaired) electrons. The zero-order valence-electron chi connectivity index (χ0n) is 11.9. The second-order valence-electron chi connectivity index (χ2n) is 5.05. The number of hydrogen-bond acceptors (Lipinski definition) is 2. The van der Waals surface area contributed by atoms with Gasteiger partial charge in [0, 0.05) is 12.8 Å². The molecule has 0 aliphatic carbocycles. The molecule has 0 bridgehead atoms. The summed E-state index contributed by atoms with van der Waals surface area (Å²) >= 11 is 0. The summed E-state index contributed by atoms with van der Waals surface area (Å²) in [5, 5.41) is 0. The van der Waals surface area contributed by atoms with Gasteiger partial charge in [-0.05, 0) is 25.3 Å². The van der Waals surface area contributed by atoms with Crippen molar-refractivity contribution in [1.82, 2.24) is 9.97 Å². The van der Waals surface area contributed by atoms with Crippen molar-refractivity contribution in [2.45, 2.75) is 39.0 Å². The van der Waals surface area contributed by atoms with Crippen LogP contribution in [0.1, 0.15) is 44.9 Å². The summed E-state index contributed by atoms with van der Waals surface area (Å²) in [7, 11) is 0. The fraction of sp³-hybridized carbons (Fsp3) is 0.353. The third-order valence-electron chi connectivity index (χ3n) is 3.25. The molecular weight excluding hydrogens is 248 g/mol. The van der Waals surface area contributed by atoms with Crippen LogP contribution in [0.3, 0.4) is 0 Å². The number of H-pyrrole nitrogens is 1. The normalized spacial score (nSPS) is 10.7. The second-order valence-corrected chi connectivity index (χ2v) is 5.05. The summed E-state index contributed by atoms with van der Waals surface area (Å²) in [6, 6.07) is 10.2. The first-order valence-electron chi connectivity index (χ1n) is 7.19. The molecule has 0 saturated carbocycles. The van der Waals surface area contributed by atoms with Gasteiger partial charge in [-0.15, -0.1) is 0 Å². The van der Waals surface area contributed by atoms with Crippen molar-refractivity contribution in [2.24, 2.45) is 0 Å². The van der Waals surface area contributed by atoms with E-state index in [4.69, 9.17) is 0 Å². The van der Waals surface area contributed by atoms with E-state index in [0.29, 0.717) is 6.42 Å². The van der Waals surface area contributed by atoms with E-state index >= 15 is 0 Å². The van der Waals surface area contributed by atoms with Gasteiger partial charge < -0.3 is 9.78 Å². The lowest BCUT2D eigenvalue weighted by atomic mass is 10.1. The minimum Gasteiger partial charge on any atom is -0.342 e. The highest BCUT2D eigenvalue weighted by molar-refractivity contribution is 5.75. The molecule has 3 heteroatoms. The van der Waals surface area contributed by atoms with Crippen molar-refractivity contribution < 1.29 is 4.79 Å². The molecule has 0 spiro atoms. The third kappa shape index (κ3) is 4.65. The van der Waals surface area contributed by atoms with Crippen LogP contribution in [0.15, 0.2) is 36.5 Å². The number of hydrogen-bond donors (Lipinski definition) is 1. The molecule has 0 atom stereocenters. The Hall–Kier alpha value is -1.90. The smallest absolute Gasteiger partial charge is 0.129 e. The Morgan fingerprint density at radius 3 is 2.75 bits per heavy atom. The van der Waals surface area contributed by atoms with E-state index in [9.17, 15) is 4.79 Å². The number of aromatic nitrogens is 2. The standard InChI is InChI=1S/C17H21N2O/c1-14(20)9-5-2-3-8-12-17-18-13-16(19-17)15-10-6-4-7-11-15/h4,6-7,10-13H,2-3,5,8-9H2,1H3,(H,18,19). The maximum Gasteiger partial charge on any atom is 0.129 e. The monoisotopic (exact) mass is 269 g/mol. The van der Waals surface area contributed by atoms with Gasteiger partial charge >= 0.3 is 0 Å². The summed E-state index contributed by atoms with van der Waals surface area (Å²) < 4.78 is 0. The molecule has 3 nitrogen and oxygen atoms in total. The van der Waals surface area contributed by atoms with Gasteiger partial charge in [0.25, 0.3) is 0 Å². The molecule has 2 aromatic rings. The fourth-order valence-corrected chi connectivity index (χ4v) is 2.14. The highest BCUT2D eigenvalue weighted by atomic mass is 16.1. The first kappa shape index (κ1) is 14.5. The largest absolute Gasteiger partial charge is 0.342 e. The van der Waals surface area contributed by atoms with Crippen molar-refractivity contribution in [1.29, 1.82) is 0 Å². The zero-order chi connectivity index (χ0) is 14.2. The molecule has 1 heterocycles. The molecule has 0 fully saturated rings. The first-order valence-corrected chi connectivity index (χ1v) is 7.19. The van der Waals surface area contributed by atoms with Crippen LogP contribution in [0.2, 0.25) is 0 Å². The molecule has 0 aliphatic rings. The molecule has 1 aromatic carbocycles. The number of imidazole rings is 1. The number of carbonyl (C=O) groups is 1. The van der Waals surface area contributed by atoms with Crippen LogP contribution in [0.4, 0.5) is 0 Å². The van der Waals surface area contributed by atoms with Gasteiger partial charge in [0.15, 0.2) is 0 Å². The number of ketones is 1. The lowest BCUT2D eigenvalue weighted by molar-refractivity contribution is -0.117. The van der Waals surface area contributed by atoms with Crippen LogP contribution in [-0.2, 0) is 4.79 Å². The molecule has 0 amide bonds. The first-order chi connectivity index (χ1) is 9.75. The molecule has 20 heavy (non-hydrogen) atoms. The van der Waals surface area contributed by atoms with Gasteiger partial charge in [-0.25, -0.2) is 4.98 Å². The summed E-state index contributed by atoms with van der Waals surface area (Å²) in [4.78, 5) is 18.5. The van der Waals surface area contributed by atoms with E-state index in [-0.39, 0.29) is 5.78 Å². The summed E-state index contributed by atoms with van der Waals surface area (Å²) in [5.41, 5.74) is 2.20. The maximum atomic E-state index is 10.8. The highest BCUT2D eigenvalue weighted by Gasteiger charge is 2.03. The SMILES string of the molecule is CC(=O)CCCCC[CH]c1ncc(-c2ccccc2)[nH]1. The molecular formula is C17H21N2O.